The average Bonchev–Trinajstić information content (AvgIpc) is 3.06. The number of aromatic nitrogens is 1. The van der Waals surface area contributed by atoms with Crippen molar-refractivity contribution in [1.82, 2.24) is 14.5 Å². The van der Waals surface area contributed by atoms with E-state index in [1.165, 1.54) is 28.3 Å². The molecule has 1 amide bonds. The van der Waals surface area contributed by atoms with Gasteiger partial charge < -0.3 is 14.9 Å². The number of aryl methyl sites for hydroxylation is 2. The molecule has 188 valence electrons. The van der Waals surface area contributed by atoms with Gasteiger partial charge in [0.05, 0.1) is 6.04 Å². The maximum Gasteiger partial charge on any atom is 0.278 e. The fourth-order valence-corrected chi connectivity index (χ4v) is 5.67. The summed E-state index contributed by atoms with van der Waals surface area (Å²) in [6.45, 7) is 9.08. The molecule has 2 heterocycles. The van der Waals surface area contributed by atoms with Crippen LogP contribution in [-0.4, -0.2) is 57.8 Å². The van der Waals surface area contributed by atoms with Crippen LogP contribution >= 0.6 is 0 Å². The number of aromatic hydroxyl groups is 1. The monoisotopic (exact) mass is 486 g/mol. The van der Waals surface area contributed by atoms with E-state index in [1.54, 1.807) is 15.8 Å². The summed E-state index contributed by atoms with van der Waals surface area (Å²) in [5, 5.41) is 13.0. The Morgan fingerprint density at radius 1 is 0.944 bits per heavy atom. The summed E-state index contributed by atoms with van der Waals surface area (Å²) in [6, 6.07) is 18.0. The van der Waals surface area contributed by atoms with Crippen LogP contribution in [0.25, 0.3) is 0 Å². The maximum atomic E-state index is 13.7. The number of carbonyl (C=O) groups excluding carboxylic acids is 1. The van der Waals surface area contributed by atoms with E-state index >= 15 is 0 Å². The minimum absolute atomic E-state index is 0.0272. The fourth-order valence-electron chi connectivity index (χ4n) is 5.67. The lowest BCUT2D eigenvalue weighted by Gasteiger charge is -2.46. The van der Waals surface area contributed by atoms with Crippen molar-refractivity contribution in [3.63, 3.8) is 0 Å². The van der Waals surface area contributed by atoms with E-state index in [4.69, 9.17) is 0 Å². The maximum absolute atomic E-state index is 13.7. The highest BCUT2D eigenvalue weighted by Gasteiger charge is 2.39. The first kappa shape index (κ1) is 24.1. The van der Waals surface area contributed by atoms with Gasteiger partial charge in [-0.25, -0.2) is 0 Å². The van der Waals surface area contributed by atoms with Gasteiger partial charge in [0, 0.05) is 24.8 Å². The third-order valence-corrected chi connectivity index (χ3v) is 7.70. The molecule has 0 radical (unpaired) electrons. The number of amides is 1. The van der Waals surface area contributed by atoms with Crippen molar-refractivity contribution in [3.05, 3.63) is 99.0 Å². The highest BCUT2D eigenvalue weighted by atomic mass is 16.3. The van der Waals surface area contributed by atoms with Gasteiger partial charge in [-0.3, -0.25) is 19.3 Å². The summed E-state index contributed by atoms with van der Waals surface area (Å²) in [6.07, 6.45) is 3.49. The van der Waals surface area contributed by atoms with Crippen LogP contribution in [0.3, 0.4) is 0 Å². The molecule has 3 aromatic rings. The third-order valence-electron chi connectivity index (χ3n) is 7.70. The molecule has 1 aliphatic heterocycles. The largest absolute Gasteiger partial charge is 0.502 e. The summed E-state index contributed by atoms with van der Waals surface area (Å²) in [4.78, 5) is 30.3. The molecular formula is C29H34N4O3. The van der Waals surface area contributed by atoms with E-state index in [9.17, 15) is 14.7 Å². The molecule has 0 fully saturated rings. The van der Waals surface area contributed by atoms with E-state index in [0.29, 0.717) is 13.2 Å². The van der Waals surface area contributed by atoms with Crippen molar-refractivity contribution < 1.29 is 9.90 Å². The Hall–Kier alpha value is -3.58. The van der Waals surface area contributed by atoms with E-state index in [-0.39, 0.29) is 23.7 Å². The zero-order valence-electron chi connectivity index (χ0n) is 21.2. The molecule has 2 aromatic carbocycles. The second-order valence-electron chi connectivity index (χ2n) is 9.71. The predicted octanol–water partition coefficient (Wildman–Crippen LogP) is 3.52. The van der Waals surface area contributed by atoms with Crippen molar-refractivity contribution in [2.75, 3.05) is 31.3 Å². The molecule has 36 heavy (non-hydrogen) atoms. The van der Waals surface area contributed by atoms with Gasteiger partial charge in [0.1, 0.15) is 6.67 Å². The van der Waals surface area contributed by atoms with Gasteiger partial charge in [0.15, 0.2) is 11.4 Å². The van der Waals surface area contributed by atoms with Gasteiger partial charge >= 0.3 is 0 Å². The topological polar surface area (TPSA) is 69.0 Å². The van der Waals surface area contributed by atoms with Gasteiger partial charge in [-0.1, -0.05) is 62.4 Å². The highest BCUT2D eigenvalue weighted by Crippen LogP contribution is 2.38. The molecule has 1 aliphatic carbocycles. The average molecular weight is 487 g/mol. The van der Waals surface area contributed by atoms with Gasteiger partial charge in [0.25, 0.3) is 5.91 Å². The number of likely N-dealkylation sites (N-methyl/N-ethyl adjacent to an activating group) is 1. The molecule has 1 unspecified atom stereocenters. The van der Waals surface area contributed by atoms with Crippen molar-refractivity contribution in [3.8, 4) is 5.75 Å². The summed E-state index contributed by atoms with van der Waals surface area (Å²) in [7, 11) is 0. The second kappa shape index (κ2) is 9.82. The van der Waals surface area contributed by atoms with Crippen LogP contribution in [0.4, 0.5) is 0 Å². The van der Waals surface area contributed by atoms with Crippen molar-refractivity contribution in [2.45, 2.75) is 45.7 Å². The first-order chi connectivity index (χ1) is 17.4. The Morgan fingerprint density at radius 2 is 1.53 bits per heavy atom. The molecule has 5 rings (SSSR count). The van der Waals surface area contributed by atoms with Gasteiger partial charge in [-0.15, -0.1) is 0 Å². The van der Waals surface area contributed by atoms with Gasteiger partial charge in [-0.2, -0.15) is 0 Å². The van der Waals surface area contributed by atoms with Crippen LogP contribution in [0, 0.1) is 0 Å². The number of rotatable bonds is 6. The van der Waals surface area contributed by atoms with Gasteiger partial charge in [0.2, 0.25) is 5.43 Å². The first-order valence-corrected chi connectivity index (χ1v) is 12.8. The molecule has 0 saturated carbocycles. The van der Waals surface area contributed by atoms with Crippen molar-refractivity contribution >= 4 is 5.91 Å². The van der Waals surface area contributed by atoms with Gasteiger partial charge in [-0.05, 0) is 55.1 Å². The molecule has 7 nitrogen and oxygen atoms in total. The highest BCUT2D eigenvalue weighted by molar-refractivity contribution is 5.96. The molecular weight excluding hydrogens is 452 g/mol. The number of hydrogen-bond donors (Lipinski definition) is 1. The lowest BCUT2D eigenvalue weighted by atomic mass is 9.94. The molecule has 1 aromatic heterocycles. The van der Waals surface area contributed by atoms with Crippen LogP contribution in [-0.2, 0) is 12.8 Å². The van der Waals surface area contributed by atoms with Crippen molar-refractivity contribution in [1.29, 1.82) is 0 Å². The Balaban J connectivity index is 1.69. The number of fused-ring (bicyclic) bond motifs is 3. The molecule has 1 atom stereocenters. The lowest BCUT2D eigenvalue weighted by molar-refractivity contribution is 0.0561. The molecule has 0 spiro atoms. The zero-order valence-corrected chi connectivity index (χ0v) is 21.2. The summed E-state index contributed by atoms with van der Waals surface area (Å²) in [5.41, 5.74) is 4.37. The summed E-state index contributed by atoms with van der Waals surface area (Å²) in [5.74, 6) is -0.821. The Kier molecular flexibility index (Phi) is 6.58. The van der Waals surface area contributed by atoms with E-state index < -0.39 is 11.2 Å². The van der Waals surface area contributed by atoms with E-state index in [1.807, 2.05) is 6.92 Å². The first-order valence-electron chi connectivity index (χ1n) is 12.8. The van der Waals surface area contributed by atoms with Crippen LogP contribution in [0.15, 0.2) is 65.6 Å². The molecule has 0 saturated heterocycles. The van der Waals surface area contributed by atoms with Crippen LogP contribution in [0.2, 0.25) is 0 Å². The SMILES string of the molecule is CCN(CC)CC(C)N1CN(C2c3ccccc3CCc3ccccc32)n2ccc(=O)c(O)c2C1=O. The quantitative estimate of drug-likeness (QED) is 0.577. The predicted molar refractivity (Wildman–Crippen MR) is 141 cm³/mol. The number of benzene rings is 2. The number of pyridine rings is 1. The standard InChI is InChI=1S/C29H34N4O3/c1-4-30(5-2)18-20(3)31-19-33(32-17-16-25(34)28(35)27(32)29(31)36)26-23-12-8-6-10-21(23)14-15-22-11-7-9-13-24(22)26/h6-13,16-17,20,26,35H,4-5,14-15,18-19H2,1-3H3. The number of carbonyl (C=O) groups is 1. The number of hydrogen-bond acceptors (Lipinski definition) is 5. The molecule has 2 aliphatic rings. The Bertz CT molecular complexity index is 1280. The minimum atomic E-state index is -0.547. The fraction of sp³-hybridized carbons (Fsp3) is 0.379. The van der Waals surface area contributed by atoms with E-state index in [2.05, 4.69) is 72.3 Å². The second-order valence-corrected chi connectivity index (χ2v) is 9.71. The summed E-state index contributed by atoms with van der Waals surface area (Å²) < 4.78 is 1.70. The molecule has 0 bridgehead atoms. The Labute approximate surface area is 212 Å². The Morgan fingerprint density at radius 3 is 2.11 bits per heavy atom. The smallest absolute Gasteiger partial charge is 0.278 e. The van der Waals surface area contributed by atoms with Crippen LogP contribution < -0.4 is 10.4 Å². The normalized spacial score (nSPS) is 16.4. The van der Waals surface area contributed by atoms with Crippen LogP contribution in [0.1, 0.15) is 59.6 Å². The number of nitrogens with zero attached hydrogens (tertiary/aromatic N) is 4. The molecule has 1 N–H and O–H groups in total. The van der Waals surface area contributed by atoms with Crippen LogP contribution in [0.5, 0.6) is 5.75 Å². The third kappa shape index (κ3) is 4.07. The zero-order chi connectivity index (χ0) is 25.4. The van der Waals surface area contributed by atoms with E-state index in [0.717, 1.165) is 25.9 Å². The minimum Gasteiger partial charge on any atom is -0.502 e. The summed E-state index contributed by atoms with van der Waals surface area (Å²) >= 11 is 0. The van der Waals surface area contributed by atoms with Crippen molar-refractivity contribution in [2.24, 2.45) is 0 Å². The lowest BCUT2D eigenvalue weighted by Crippen LogP contribution is -2.59. The molecule has 7 heteroatoms.